The molecule has 202 valence electrons. The smallest absolute Gasteiger partial charge is 0.274 e. The van der Waals surface area contributed by atoms with Gasteiger partial charge in [-0.3, -0.25) is 9.59 Å². The molecule has 0 radical (unpaired) electrons. The van der Waals surface area contributed by atoms with Crippen LogP contribution in [0.25, 0.3) is 32.9 Å². The molecule has 0 spiro atoms. The van der Waals surface area contributed by atoms with Gasteiger partial charge in [0.25, 0.3) is 11.5 Å². The van der Waals surface area contributed by atoms with Gasteiger partial charge >= 0.3 is 0 Å². The molecule has 10 nitrogen and oxygen atoms in total. The van der Waals surface area contributed by atoms with Gasteiger partial charge in [0.1, 0.15) is 28.6 Å². The first kappa shape index (κ1) is 26.2. The topological polar surface area (TPSA) is 128 Å². The summed E-state index contributed by atoms with van der Waals surface area (Å²) >= 11 is 0. The second kappa shape index (κ2) is 9.73. The van der Waals surface area contributed by atoms with Crippen LogP contribution >= 0.6 is 0 Å². The van der Waals surface area contributed by atoms with Crippen LogP contribution in [-0.4, -0.2) is 46.5 Å². The van der Waals surface area contributed by atoms with Crippen LogP contribution in [0, 0.1) is 13.8 Å². The van der Waals surface area contributed by atoms with Crippen LogP contribution in [0.15, 0.2) is 53.6 Å². The van der Waals surface area contributed by atoms with Crippen molar-refractivity contribution in [1.29, 1.82) is 0 Å². The number of sulfone groups is 1. The molecule has 0 aliphatic carbocycles. The number of amides is 1. The fraction of sp³-hybridized carbons (Fsp3) is 0.250. The molecular formula is C28H29N5O5S. The largest absolute Gasteiger partial charge is 0.456 e. The molecule has 39 heavy (non-hydrogen) atoms. The predicted octanol–water partition coefficient (Wildman–Crippen LogP) is 4.04. The Labute approximate surface area is 225 Å². The van der Waals surface area contributed by atoms with Crippen LogP contribution in [0.4, 0.5) is 0 Å². The summed E-state index contributed by atoms with van der Waals surface area (Å²) in [4.78, 5) is 28.6. The molecule has 0 fully saturated rings. The fourth-order valence-electron chi connectivity index (χ4n) is 4.72. The van der Waals surface area contributed by atoms with Gasteiger partial charge in [-0.25, -0.2) is 13.1 Å². The number of H-pyrrole nitrogens is 1. The SMILES string of the molecule is CCNC(=O)c1cc2c(-c3cc4c(cnn4CS(C)(=O)=O)cc3Oc3c(C)cccc3C)cn(C)c(=O)c2[nH]1. The Morgan fingerprint density at radius 2 is 1.85 bits per heavy atom. The van der Waals surface area contributed by atoms with E-state index in [9.17, 15) is 18.0 Å². The van der Waals surface area contributed by atoms with E-state index in [2.05, 4.69) is 15.4 Å². The zero-order valence-electron chi connectivity index (χ0n) is 22.3. The highest BCUT2D eigenvalue weighted by molar-refractivity contribution is 7.89. The number of para-hydroxylation sites is 1. The summed E-state index contributed by atoms with van der Waals surface area (Å²) in [7, 11) is -1.74. The molecule has 5 aromatic rings. The third kappa shape index (κ3) is 4.92. The molecule has 3 aromatic heterocycles. The number of aromatic nitrogens is 4. The summed E-state index contributed by atoms with van der Waals surface area (Å²) < 4.78 is 33.6. The fourth-order valence-corrected chi connectivity index (χ4v) is 5.37. The van der Waals surface area contributed by atoms with E-state index in [0.29, 0.717) is 45.5 Å². The van der Waals surface area contributed by atoms with Crippen LogP contribution in [0.5, 0.6) is 11.5 Å². The van der Waals surface area contributed by atoms with Gasteiger partial charge in [0.15, 0.2) is 9.84 Å². The van der Waals surface area contributed by atoms with Gasteiger partial charge in [-0.2, -0.15) is 5.10 Å². The number of fused-ring (bicyclic) bond motifs is 2. The molecular weight excluding hydrogens is 518 g/mol. The number of rotatable bonds is 7. The number of aromatic amines is 1. The molecule has 0 saturated carbocycles. The van der Waals surface area contributed by atoms with Crippen molar-refractivity contribution >= 4 is 37.6 Å². The molecule has 5 rings (SSSR count). The van der Waals surface area contributed by atoms with Crippen molar-refractivity contribution in [3.63, 3.8) is 0 Å². The zero-order chi connectivity index (χ0) is 28.1. The van der Waals surface area contributed by atoms with Gasteiger partial charge in [0, 0.05) is 47.9 Å². The van der Waals surface area contributed by atoms with E-state index in [1.54, 1.807) is 25.5 Å². The lowest BCUT2D eigenvalue weighted by atomic mass is 10.0. The first-order chi connectivity index (χ1) is 18.5. The Hall–Kier alpha value is -4.38. The summed E-state index contributed by atoms with van der Waals surface area (Å²) in [5.41, 5.74) is 3.97. The molecule has 0 saturated heterocycles. The second-order valence-corrected chi connectivity index (χ2v) is 11.8. The maximum Gasteiger partial charge on any atom is 0.274 e. The minimum Gasteiger partial charge on any atom is -0.456 e. The van der Waals surface area contributed by atoms with Gasteiger partial charge in [0.05, 0.1) is 11.7 Å². The van der Waals surface area contributed by atoms with Crippen LogP contribution in [0.1, 0.15) is 28.5 Å². The van der Waals surface area contributed by atoms with Crippen LogP contribution in [0.3, 0.4) is 0 Å². The number of ether oxygens (including phenoxy) is 1. The lowest BCUT2D eigenvalue weighted by Crippen LogP contribution is -2.23. The first-order valence-electron chi connectivity index (χ1n) is 12.4. The average Bonchev–Trinajstić information content (AvgIpc) is 3.47. The number of benzene rings is 2. The molecule has 2 N–H and O–H groups in total. The molecule has 0 bridgehead atoms. The summed E-state index contributed by atoms with van der Waals surface area (Å²) in [5.74, 6) is 0.580. The third-order valence-electron chi connectivity index (χ3n) is 6.56. The van der Waals surface area contributed by atoms with Crippen molar-refractivity contribution in [2.24, 2.45) is 7.05 Å². The number of nitrogens with one attached hydrogen (secondary N) is 2. The first-order valence-corrected chi connectivity index (χ1v) is 14.4. The molecule has 2 aromatic carbocycles. The number of hydrogen-bond donors (Lipinski definition) is 2. The van der Waals surface area contributed by atoms with Crippen molar-refractivity contribution in [2.45, 2.75) is 26.6 Å². The van der Waals surface area contributed by atoms with E-state index < -0.39 is 9.84 Å². The van der Waals surface area contributed by atoms with E-state index in [0.717, 1.165) is 17.4 Å². The quantitative estimate of drug-likeness (QED) is 0.317. The number of nitrogens with zero attached hydrogens (tertiary/aromatic N) is 3. The van der Waals surface area contributed by atoms with E-state index >= 15 is 0 Å². The van der Waals surface area contributed by atoms with Gasteiger partial charge < -0.3 is 19.6 Å². The number of aryl methyl sites for hydroxylation is 3. The summed E-state index contributed by atoms with van der Waals surface area (Å²) in [6, 6.07) is 11.2. The normalized spacial score (nSPS) is 11.8. The van der Waals surface area contributed by atoms with Gasteiger partial charge in [0.2, 0.25) is 0 Å². The number of carbonyl (C=O) groups excluding carboxylic acids is 1. The molecule has 11 heteroatoms. The Morgan fingerprint density at radius 3 is 2.51 bits per heavy atom. The number of pyridine rings is 1. The monoisotopic (exact) mass is 547 g/mol. The molecule has 0 aliphatic rings. The van der Waals surface area contributed by atoms with E-state index in [4.69, 9.17) is 4.74 Å². The predicted molar refractivity (Wildman–Crippen MR) is 151 cm³/mol. The molecule has 3 heterocycles. The van der Waals surface area contributed by atoms with Crippen LogP contribution in [0.2, 0.25) is 0 Å². The Morgan fingerprint density at radius 1 is 1.13 bits per heavy atom. The van der Waals surface area contributed by atoms with E-state index in [1.807, 2.05) is 51.1 Å². The Bertz CT molecular complexity index is 1910. The van der Waals surface area contributed by atoms with Crippen molar-refractivity contribution in [3.05, 3.63) is 76.0 Å². The third-order valence-corrected chi connectivity index (χ3v) is 7.27. The average molecular weight is 548 g/mol. The maximum absolute atomic E-state index is 13.0. The van der Waals surface area contributed by atoms with E-state index in [-0.39, 0.29) is 28.6 Å². The highest BCUT2D eigenvalue weighted by Gasteiger charge is 2.21. The van der Waals surface area contributed by atoms with Gasteiger partial charge in [-0.15, -0.1) is 0 Å². The molecule has 0 unspecified atom stereocenters. The van der Waals surface area contributed by atoms with Crippen LogP contribution in [-0.2, 0) is 22.8 Å². The molecule has 0 atom stereocenters. The number of carbonyl (C=O) groups is 1. The Kier molecular flexibility index (Phi) is 6.55. The molecule has 0 aliphatic heterocycles. The maximum atomic E-state index is 13.0. The van der Waals surface area contributed by atoms with Crippen molar-refractivity contribution < 1.29 is 17.9 Å². The van der Waals surface area contributed by atoms with Gasteiger partial charge in [-0.05, 0) is 50.1 Å². The standard InChI is InChI=1S/C28H29N5O5S/c1-6-29-27(34)22-11-20-21(14-32(4)28(35)25(20)31-22)19-12-23-18(13-30-33(23)15-39(5,36)37)10-24(19)38-26-16(2)8-7-9-17(26)3/h7-14,31H,6,15H2,1-5H3,(H,29,34). The lowest BCUT2D eigenvalue weighted by Gasteiger charge is -2.17. The highest BCUT2D eigenvalue weighted by Crippen LogP contribution is 2.41. The highest BCUT2D eigenvalue weighted by atomic mass is 32.2. The molecule has 1 amide bonds. The summed E-state index contributed by atoms with van der Waals surface area (Å²) in [5, 5.41) is 8.30. The van der Waals surface area contributed by atoms with Crippen LogP contribution < -0.4 is 15.6 Å². The van der Waals surface area contributed by atoms with Crippen molar-refractivity contribution in [3.8, 4) is 22.6 Å². The minimum absolute atomic E-state index is 0.261. The van der Waals surface area contributed by atoms with Crippen molar-refractivity contribution in [2.75, 3.05) is 12.8 Å². The summed E-state index contributed by atoms with van der Waals surface area (Å²) in [6.07, 6.45) is 4.44. The minimum atomic E-state index is -3.37. The summed E-state index contributed by atoms with van der Waals surface area (Å²) in [6.45, 7) is 6.17. The zero-order valence-corrected chi connectivity index (χ0v) is 23.1. The van der Waals surface area contributed by atoms with Crippen molar-refractivity contribution in [1.82, 2.24) is 24.6 Å². The second-order valence-electron chi connectivity index (χ2n) is 9.72. The van der Waals surface area contributed by atoms with Gasteiger partial charge in [-0.1, -0.05) is 18.2 Å². The Balaban J connectivity index is 1.82. The lowest BCUT2D eigenvalue weighted by molar-refractivity contribution is 0.0951. The van der Waals surface area contributed by atoms with E-state index in [1.165, 1.54) is 9.25 Å². The number of hydrogen-bond acceptors (Lipinski definition) is 6.